The molecule has 1 saturated carbocycles. The van der Waals surface area contributed by atoms with Crippen LogP contribution in [0, 0.1) is 0 Å². The topological polar surface area (TPSA) is 34.4 Å². The van der Waals surface area contributed by atoms with Crippen LogP contribution in [0.1, 0.15) is 51.7 Å². The van der Waals surface area contributed by atoms with E-state index in [4.69, 9.17) is 9.15 Å². The number of hydrogen-bond acceptors (Lipinski definition) is 3. The molecule has 1 aromatic heterocycles. The zero-order valence-electron chi connectivity index (χ0n) is 12.3. The Balaban J connectivity index is 2.12. The number of furan rings is 1. The van der Waals surface area contributed by atoms with Gasteiger partial charge in [0.25, 0.3) is 0 Å². The van der Waals surface area contributed by atoms with E-state index in [0.29, 0.717) is 6.04 Å². The summed E-state index contributed by atoms with van der Waals surface area (Å²) in [6.45, 7) is 6.03. The third-order valence-corrected chi connectivity index (χ3v) is 4.20. The van der Waals surface area contributed by atoms with Gasteiger partial charge in [0, 0.05) is 19.1 Å². The van der Waals surface area contributed by atoms with Crippen molar-refractivity contribution in [3.63, 3.8) is 0 Å². The Morgan fingerprint density at radius 3 is 2.68 bits per heavy atom. The second kappa shape index (κ2) is 7.11. The van der Waals surface area contributed by atoms with Crippen LogP contribution in [-0.2, 0) is 11.2 Å². The van der Waals surface area contributed by atoms with Crippen molar-refractivity contribution in [3.05, 3.63) is 24.2 Å². The quantitative estimate of drug-likeness (QED) is 0.819. The first-order valence-electron chi connectivity index (χ1n) is 7.70. The van der Waals surface area contributed by atoms with E-state index in [1.807, 2.05) is 6.07 Å². The van der Waals surface area contributed by atoms with E-state index in [2.05, 4.69) is 25.2 Å². The van der Waals surface area contributed by atoms with E-state index in [9.17, 15) is 0 Å². The summed E-state index contributed by atoms with van der Waals surface area (Å²) in [5.74, 6) is 1.05. The minimum absolute atomic E-state index is 0.00417. The van der Waals surface area contributed by atoms with Crippen molar-refractivity contribution in [1.29, 1.82) is 0 Å². The smallest absolute Gasteiger partial charge is 0.105 e. The fourth-order valence-electron chi connectivity index (χ4n) is 3.35. The van der Waals surface area contributed by atoms with E-state index in [1.54, 1.807) is 6.26 Å². The molecule has 0 saturated heterocycles. The molecule has 0 amide bonds. The molecule has 0 radical (unpaired) electrons. The minimum Gasteiger partial charge on any atom is -0.469 e. The van der Waals surface area contributed by atoms with Crippen LogP contribution in [0.15, 0.2) is 22.8 Å². The molecule has 3 heteroatoms. The molecule has 1 unspecified atom stereocenters. The van der Waals surface area contributed by atoms with Crippen molar-refractivity contribution < 1.29 is 9.15 Å². The lowest BCUT2D eigenvalue weighted by atomic mass is 9.77. The molecule has 1 aliphatic carbocycles. The number of nitrogens with one attached hydrogen (secondary N) is 1. The Hall–Kier alpha value is -0.800. The summed E-state index contributed by atoms with van der Waals surface area (Å²) < 4.78 is 11.8. The van der Waals surface area contributed by atoms with Gasteiger partial charge in [-0.25, -0.2) is 0 Å². The molecule has 1 atom stereocenters. The van der Waals surface area contributed by atoms with Crippen LogP contribution in [0.5, 0.6) is 0 Å². The van der Waals surface area contributed by atoms with Crippen molar-refractivity contribution >= 4 is 0 Å². The van der Waals surface area contributed by atoms with Crippen molar-refractivity contribution in [2.24, 2.45) is 0 Å². The average molecular weight is 265 g/mol. The van der Waals surface area contributed by atoms with Gasteiger partial charge >= 0.3 is 0 Å². The molecular formula is C16H27NO2. The lowest BCUT2D eigenvalue weighted by Gasteiger charge is -2.43. The lowest BCUT2D eigenvalue weighted by Crippen LogP contribution is -2.54. The summed E-state index contributed by atoms with van der Waals surface area (Å²) in [5, 5.41) is 3.63. The Morgan fingerprint density at radius 1 is 1.32 bits per heavy atom. The van der Waals surface area contributed by atoms with Gasteiger partial charge in [0.2, 0.25) is 0 Å². The molecule has 1 N–H and O–H groups in total. The highest BCUT2D eigenvalue weighted by Gasteiger charge is 2.40. The minimum atomic E-state index is -0.00417. The Kier molecular flexibility index (Phi) is 5.46. The first-order valence-corrected chi connectivity index (χ1v) is 7.70. The normalized spacial score (nSPS) is 20.3. The van der Waals surface area contributed by atoms with Crippen LogP contribution in [0.4, 0.5) is 0 Å². The maximum atomic E-state index is 6.23. The third-order valence-electron chi connectivity index (χ3n) is 4.20. The summed E-state index contributed by atoms with van der Waals surface area (Å²) >= 11 is 0. The van der Waals surface area contributed by atoms with Gasteiger partial charge < -0.3 is 14.5 Å². The van der Waals surface area contributed by atoms with Crippen molar-refractivity contribution in [3.8, 4) is 0 Å². The largest absolute Gasteiger partial charge is 0.469 e. The SMILES string of the molecule is CCNC(Cc1ccco1)C1(OCC)CCCCC1. The van der Waals surface area contributed by atoms with E-state index in [1.165, 1.54) is 32.1 Å². The van der Waals surface area contributed by atoms with Crippen LogP contribution in [0.25, 0.3) is 0 Å². The van der Waals surface area contributed by atoms with Gasteiger partial charge in [0.1, 0.15) is 5.76 Å². The summed E-state index contributed by atoms with van der Waals surface area (Å²) in [6.07, 6.45) is 8.90. The van der Waals surface area contributed by atoms with Crippen LogP contribution in [-0.4, -0.2) is 24.8 Å². The highest BCUT2D eigenvalue weighted by atomic mass is 16.5. The number of hydrogen-bond donors (Lipinski definition) is 1. The molecule has 0 spiro atoms. The summed E-state index contributed by atoms with van der Waals surface area (Å²) in [5.41, 5.74) is -0.00417. The molecule has 0 bridgehead atoms. The van der Waals surface area contributed by atoms with Gasteiger partial charge in [-0.15, -0.1) is 0 Å². The highest BCUT2D eigenvalue weighted by Crippen LogP contribution is 2.36. The van der Waals surface area contributed by atoms with E-state index >= 15 is 0 Å². The van der Waals surface area contributed by atoms with E-state index in [0.717, 1.165) is 25.3 Å². The van der Waals surface area contributed by atoms with E-state index < -0.39 is 0 Å². The van der Waals surface area contributed by atoms with Crippen molar-refractivity contribution in [1.82, 2.24) is 5.32 Å². The van der Waals surface area contributed by atoms with Crippen LogP contribution < -0.4 is 5.32 Å². The average Bonchev–Trinajstić information content (AvgIpc) is 2.93. The fraction of sp³-hybridized carbons (Fsp3) is 0.750. The van der Waals surface area contributed by atoms with Crippen molar-refractivity contribution in [2.45, 2.75) is 64.0 Å². The molecular weight excluding hydrogens is 238 g/mol. The molecule has 19 heavy (non-hydrogen) atoms. The zero-order valence-corrected chi connectivity index (χ0v) is 12.3. The molecule has 0 aromatic carbocycles. The zero-order chi connectivity index (χ0) is 13.6. The predicted molar refractivity (Wildman–Crippen MR) is 77.3 cm³/mol. The van der Waals surface area contributed by atoms with Gasteiger partial charge in [-0.1, -0.05) is 26.2 Å². The molecule has 0 aliphatic heterocycles. The van der Waals surface area contributed by atoms with Gasteiger partial charge in [-0.05, 0) is 38.4 Å². The first kappa shape index (κ1) is 14.6. The van der Waals surface area contributed by atoms with Crippen LogP contribution in [0.3, 0.4) is 0 Å². The Labute approximate surface area is 116 Å². The van der Waals surface area contributed by atoms with E-state index in [-0.39, 0.29) is 5.60 Å². The van der Waals surface area contributed by atoms with Gasteiger partial charge in [0.15, 0.2) is 0 Å². The van der Waals surface area contributed by atoms with Gasteiger partial charge in [0.05, 0.1) is 11.9 Å². The fourth-order valence-corrected chi connectivity index (χ4v) is 3.35. The number of rotatable bonds is 7. The second-order valence-corrected chi connectivity index (χ2v) is 5.45. The summed E-state index contributed by atoms with van der Waals surface area (Å²) in [4.78, 5) is 0. The van der Waals surface area contributed by atoms with Crippen LogP contribution in [0.2, 0.25) is 0 Å². The molecule has 1 aromatic rings. The standard InChI is InChI=1S/C16H27NO2/c1-3-17-15(13-14-9-8-12-18-14)16(19-4-2)10-6-5-7-11-16/h8-9,12,15,17H,3-7,10-11,13H2,1-2H3. The van der Waals surface area contributed by atoms with Crippen molar-refractivity contribution in [2.75, 3.05) is 13.2 Å². The molecule has 3 nitrogen and oxygen atoms in total. The molecule has 1 fully saturated rings. The number of ether oxygens (including phenoxy) is 1. The molecule has 1 heterocycles. The summed E-state index contributed by atoms with van der Waals surface area (Å²) in [6, 6.07) is 4.38. The van der Waals surface area contributed by atoms with Gasteiger partial charge in [-0.2, -0.15) is 0 Å². The Morgan fingerprint density at radius 2 is 2.11 bits per heavy atom. The maximum absolute atomic E-state index is 6.23. The Bertz CT molecular complexity index is 336. The molecule has 2 rings (SSSR count). The molecule has 108 valence electrons. The lowest BCUT2D eigenvalue weighted by molar-refractivity contribution is -0.0902. The monoisotopic (exact) mass is 265 g/mol. The van der Waals surface area contributed by atoms with Crippen LogP contribution >= 0.6 is 0 Å². The number of likely N-dealkylation sites (N-methyl/N-ethyl adjacent to an activating group) is 1. The molecule has 1 aliphatic rings. The first-order chi connectivity index (χ1) is 9.30. The third kappa shape index (κ3) is 3.61. The maximum Gasteiger partial charge on any atom is 0.105 e. The summed E-state index contributed by atoms with van der Waals surface area (Å²) in [7, 11) is 0. The van der Waals surface area contributed by atoms with Gasteiger partial charge in [-0.3, -0.25) is 0 Å². The second-order valence-electron chi connectivity index (χ2n) is 5.45. The predicted octanol–water partition coefficient (Wildman–Crippen LogP) is 3.54. The highest BCUT2D eigenvalue weighted by molar-refractivity contribution is 5.06.